The summed E-state index contributed by atoms with van der Waals surface area (Å²) in [6.45, 7) is 3.58. The molecule has 1 aromatic rings. The standard InChI is InChI=1S/C15H24FN3OS.HI/c1-11(21-5)9-18-15(17-2)19(3)10-12-6-7-14(20-4)13(16)8-12;/h6-8,11H,9-10H2,1-5H3,(H,17,18);1H. The Balaban J connectivity index is 0.00000441. The first-order chi connectivity index (χ1) is 10.0. The first kappa shape index (κ1) is 21.3. The number of nitrogens with one attached hydrogen (secondary N) is 1. The second-order valence-electron chi connectivity index (χ2n) is 4.80. The number of benzene rings is 1. The molecule has 1 N–H and O–H groups in total. The van der Waals surface area contributed by atoms with E-state index in [4.69, 9.17) is 4.74 Å². The summed E-state index contributed by atoms with van der Waals surface area (Å²) >= 11 is 1.80. The second-order valence-corrected chi connectivity index (χ2v) is 6.08. The van der Waals surface area contributed by atoms with Crippen molar-refractivity contribution < 1.29 is 9.13 Å². The molecule has 4 nitrogen and oxygen atoms in total. The van der Waals surface area contributed by atoms with Gasteiger partial charge in [0.05, 0.1) is 7.11 Å². The number of nitrogens with zero attached hydrogens (tertiary/aromatic N) is 2. The SMILES string of the molecule is CN=C(NCC(C)SC)N(C)Cc1ccc(OC)c(F)c1.I. The van der Waals surface area contributed by atoms with Crippen LogP contribution in [0, 0.1) is 5.82 Å². The van der Waals surface area contributed by atoms with Crippen LogP contribution in [0.3, 0.4) is 0 Å². The fourth-order valence-corrected chi connectivity index (χ4v) is 2.11. The molecule has 0 spiro atoms. The number of thioether (sulfide) groups is 1. The Labute approximate surface area is 153 Å². The molecule has 0 bridgehead atoms. The summed E-state index contributed by atoms with van der Waals surface area (Å²) in [6.07, 6.45) is 2.08. The lowest BCUT2D eigenvalue weighted by molar-refractivity contribution is 0.385. The molecule has 1 unspecified atom stereocenters. The summed E-state index contributed by atoms with van der Waals surface area (Å²) < 4.78 is 18.6. The van der Waals surface area contributed by atoms with Crippen molar-refractivity contribution in [3.8, 4) is 5.75 Å². The minimum absolute atomic E-state index is 0. The number of methoxy groups -OCH3 is 1. The molecule has 0 amide bonds. The molecule has 0 heterocycles. The smallest absolute Gasteiger partial charge is 0.193 e. The van der Waals surface area contributed by atoms with Crippen LogP contribution in [0.25, 0.3) is 0 Å². The number of hydrogen-bond donors (Lipinski definition) is 1. The van der Waals surface area contributed by atoms with E-state index in [0.717, 1.165) is 18.1 Å². The maximum absolute atomic E-state index is 13.7. The van der Waals surface area contributed by atoms with E-state index >= 15 is 0 Å². The van der Waals surface area contributed by atoms with Gasteiger partial charge in [0.15, 0.2) is 17.5 Å². The van der Waals surface area contributed by atoms with Crippen LogP contribution in [0.1, 0.15) is 12.5 Å². The molecule has 0 fully saturated rings. The van der Waals surface area contributed by atoms with Crippen LogP contribution in [-0.4, -0.2) is 50.1 Å². The summed E-state index contributed by atoms with van der Waals surface area (Å²) in [4.78, 5) is 6.22. The second kappa shape index (κ2) is 10.9. The lowest BCUT2D eigenvalue weighted by atomic mass is 10.2. The van der Waals surface area contributed by atoms with Crippen molar-refractivity contribution in [1.29, 1.82) is 0 Å². The molecule has 0 saturated carbocycles. The van der Waals surface area contributed by atoms with Crippen LogP contribution >= 0.6 is 35.7 Å². The number of ether oxygens (including phenoxy) is 1. The number of guanidine groups is 1. The lowest BCUT2D eigenvalue weighted by Gasteiger charge is -2.23. The monoisotopic (exact) mass is 441 g/mol. The van der Waals surface area contributed by atoms with E-state index in [2.05, 4.69) is 23.5 Å². The maximum atomic E-state index is 13.7. The third-order valence-electron chi connectivity index (χ3n) is 3.16. The molecule has 0 aliphatic heterocycles. The van der Waals surface area contributed by atoms with Gasteiger partial charge in [-0.25, -0.2) is 4.39 Å². The summed E-state index contributed by atoms with van der Waals surface area (Å²) in [5, 5.41) is 3.82. The van der Waals surface area contributed by atoms with E-state index < -0.39 is 0 Å². The third-order valence-corrected chi connectivity index (χ3v) is 4.13. The zero-order chi connectivity index (χ0) is 15.8. The third kappa shape index (κ3) is 6.60. The average Bonchev–Trinajstić information content (AvgIpc) is 2.47. The van der Waals surface area contributed by atoms with E-state index in [1.54, 1.807) is 24.9 Å². The van der Waals surface area contributed by atoms with Crippen molar-refractivity contribution >= 4 is 41.7 Å². The quantitative estimate of drug-likeness (QED) is 0.418. The van der Waals surface area contributed by atoms with Gasteiger partial charge in [-0.1, -0.05) is 13.0 Å². The Bertz CT molecular complexity index is 488. The topological polar surface area (TPSA) is 36.9 Å². The minimum atomic E-state index is -0.345. The number of hydrogen-bond acceptors (Lipinski definition) is 3. The molecule has 1 atom stereocenters. The van der Waals surface area contributed by atoms with Crippen LogP contribution in [-0.2, 0) is 6.54 Å². The molecule has 1 rings (SSSR count). The summed E-state index contributed by atoms with van der Waals surface area (Å²) in [6, 6.07) is 4.99. The van der Waals surface area contributed by atoms with Gasteiger partial charge in [-0.05, 0) is 24.0 Å². The Hall–Kier alpha value is -0.700. The average molecular weight is 441 g/mol. The van der Waals surface area contributed by atoms with Gasteiger partial charge in [-0.15, -0.1) is 24.0 Å². The summed E-state index contributed by atoms with van der Waals surface area (Å²) in [7, 11) is 5.14. The first-order valence-corrected chi connectivity index (χ1v) is 8.07. The zero-order valence-corrected chi connectivity index (χ0v) is 16.9. The van der Waals surface area contributed by atoms with Gasteiger partial charge in [0, 0.05) is 32.4 Å². The molecule has 22 heavy (non-hydrogen) atoms. The highest BCUT2D eigenvalue weighted by atomic mass is 127. The lowest BCUT2D eigenvalue weighted by Crippen LogP contribution is -2.40. The molecule has 0 aliphatic carbocycles. The first-order valence-electron chi connectivity index (χ1n) is 6.78. The van der Waals surface area contributed by atoms with Crippen molar-refractivity contribution in [2.75, 3.05) is 34.0 Å². The van der Waals surface area contributed by atoms with Gasteiger partial charge in [0.2, 0.25) is 0 Å². The van der Waals surface area contributed by atoms with Crippen molar-refractivity contribution in [2.45, 2.75) is 18.7 Å². The Morgan fingerprint density at radius 3 is 2.68 bits per heavy atom. The molecule has 7 heteroatoms. The van der Waals surface area contributed by atoms with Crippen molar-refractivity contribution in [3.63, 3.8) is 0 Å². The molecule has 0 saturated heterocycles. The molecular formula is C15H25FIN3OS. The Kier molecular flexibility index (Phi) is 10.6. The zero-order valence-electron chi connectivity index (χ0n) is 13.7. The van der Waals surface area contributed by atoms with Gasteiger partial charge in [0.1, 0.15) is 0 Å². The van der Waals surface area contributed by atoms with Gasteiger partial charge < -0.3 is 15.0 Å². The number of halogens is 2. The Morgan fingerprint density at radius 2 is 2.18 bits per heavy atom. The molecule has 126 valence electrons. The van der Waals surface area contributed by atoms with Gasteiger partial charge in [-0.3, -0.25) is 4.99 Å². The molecular weight excluding hydrogens is 416 g/mol. The molecule has 0 aromatic heterocycles. The normalized spacial score (nSPS) is 12.4. The van der Waals surface area contributed by atoms with E-state index in [9.17, 15) is 4.39 Å². The van der Waals surface area contributed by atoms with Gasteiger partial charge in [-0.2, -0.15) is 11.8 Å². The largest absolute Gasteiger partial charge is 0.494 e. The highest BCUT2D eigenvalue weighted by molar-refractivity contribution is 14.0. The predicted molar refractivity (Wildman–Crippen MR) is 104 cm³/mol. The van der Waals surface area contributed by atoms with Crippen LogP contribution in [0.15, 0.2) is 23.2 Å². The van der Waals surface area contributed by atoms with E-state index in [-0.39, 0.29) is 35.5 Å². The fourth-order valence-electron chi connectivity index (χ4n) is 1.86. The van der Waals surface area contributed by atoms with E-state index in [0.29, 0.717) is 11.8 Å². The predicted octanol–water partition coefficient (Wildman–Crippen LogP) is 3.21. The van der Waals surface area contributed by atoms with Crippen LogP contribution in [0.4, 0.5) is 4.39 Å². The van der Waals surface area contributed by atoms with Crippen LogP contribution in [0.5, 0.6) is 5.75 Å². The van der Waals surface area contributed by atoms with Crippen molar-refractivity contribution in [1.82, 2.24) is 10.2 Å². The molecule has 0 aliphatic rings. The number of aliphatic imine (C=N–C) groups is 1. The highest BCUT2D eigenvalue weighted by Crippen LogP contribution is 2.18. The van der Waals surface area contributed by atoms with Gasteiger partial charge >= 0.3 is 0 Å². The summed E-state index contributed by atoms with van der Waals surface area (Å²) in [5.41, 5.74) is 0.872. The van der Waals surface area contributed by atoms with E-state index in [1.165, 1.54) is 13.2 Å². The highest BCUT2D eigenvalue weighted by Gasteiger charge is 2.10. The molecule has 1 aromatic carbocycles. The van der Waals surface area contributed by atoms with Gasteiger partial charge in [0.25, 0.3) is 0 Å². The number of rotatable bonds is 6. The minimum Gasteiger partial charge on any atom is -0.494 e. The Morgan fingerprint density at radius 1 is 1.50 bits per heavy atom. The van der Waals surface area contributed by atoms with Crippen LogP contribution in [0.2, 0.25) is 0 Å². The van der Waals surface area contributed by atoms with Crippen molar-refractivity contribution in [3.05, 3.63) is 29.6 Å². The maximum Gasteiger partial charge on any atom is 0.193 e. The summed E-state index contributed by atoms with van der Waals surface area (Å²) in [5.74, 6) is 0.715. The van der Waals surface area contributed by atoms with Crippen molar-refractivity contribution in [2.24, 2.45) is 4.99 Å². The van der Waals surface area contributed by atoms with E-state index in [1.807, 2.05) is 18.0 Å². The van der Waals surface area contributed by atoms with Crippen LogP contribution < -0.4 is 10.1 Å². The fraction of sp³-hybridized carbons (Fsp3) is 0.533. The molecule has 0 radical (unpaired) electrons.